The summed E-state index contributed by atoms with van der Waals surface area (Å²) in [7, 11) is 1.58. The molecule has 0 radical (unpaired) electrons. The summed E-state index contributed by atoms with van der Waals surface area (Å²) >= 11 is 0. The van der Waals surface area contributed by atoms with Gasteiger partial charge in [-0.1, -0.05) is 6.07 Å². The average Bonchev–Trinajstić information content (AvgIpc) is 3.53. The van der Waals surface area contributed by atoms with Gasteiger partial charge in [-0.25, -0.2) is 14.8 Å². The third kappa shape index (κ3) is 5.19. The van der Waals surface area contributed by atoms with Gasteiger partial charge in [-0.3, -0.25) is 15.1 Å². The maximum atomic E-state index is 12.9. The van der Waals surface area contributed by atoms with Gasteiger partial charge in [0.05, 0.1) is 35.7 Å². The number of aliphatic imine (C=N–C) groups is 2. The Morgan fingerprint density at radius 2 is 1.97 bits per heavy atom. The van der Waals surface area contributed by atoms with E-state index in [1.807, 2.05) is 39.0 Å². The highest BCUT2D eigenvalue weighted by Gasteiger charge is 2.32. The minimum atomic E-state index is -0.365. The van der Waals surface area contributed by atoms with Crippen LogP contribution < -0.4 is 20.7 Å². The lowest BCUT2D eigenvalue weighted by molar-refractivity contribution is 0.0968. The summed E-state index contributed by atoms with van der Waals surface area (Å²) in [6, 6.07) is 6.91. The maximum absolute atomic E-state index is 12.9. The first kappa shape index (κ1) is 22.4. The number of hydrogen-bond acceptors (Lipinski definition) is 7. The molecule has 9 heteroatoms. The topological polar surface area (TPSA) is 117 Å². The predicted octanol–water partition coefficient (Wildman–Crippen LogP) is 4.18. The van der Waals surface area contributed by atoms with Crippen molar-refractivity contribution in [2.45, 2.75) is 45.7 Å². The van der Waals surface area contributed by atoms with Gasteiger partial charge in [0.15, 0.2) is 17.4 Å². The normalized spacial score (nSPS) is 17.0. The number of rotatable bonds is 8. The van der Waals surface area contributed by atoms with Crippen LogP contribution in [0.1, 0.15) is 49.5 Å². The number of carbonyl (C=O) groups excluding carboxylic acids is 2. The molecule has 1 aromatic heterocycles. The standard InChI is InChI=1S/C24H28N6O3/c1-13(2)27-24(32)30-20-10-19(17(12-25-20)21(31)15-8-9-15)29-18-7-5-6-16(22(18)33-4)23-26-11-14(3)28-23/h5-7,10-15H,8-9H2,1-4H3,(H3,25,27,29,30,32). The first-order valence-electron chi connectivity index (χ1n) is 11.0. The number of carbonyl (C=O) groups is 2. The highest BCUT2D eigenvalue weighted by Crippen LogP contribution is 2.38. The number of ketones is 1. The predicted molar refractivity (Wildman–Crippen MR) is 129 cm³/mol. The van der Waals surface area contributed by atoms with Crippen molar-refractivity contribution in [1.29, 1.82) is 0 Å². The van der Waals surface area contributed by atoms with Crippen LogP contribution in [0.3, 0.4) is 0 Å². The van der Waals surface area contributed by atoms with Gasteiger partial charge in [-0.2, -0.15) is 0 Å². The summed E-state index contributed by atoms with van der Waals surface area (Å²) in [5.41, 5.74) is 2.43. The van der Waals surface area contributed by atoms with E-state index in [4.69, 9.17) is 4.74 Å². The third-order valence-corrected chi connectivity index (χ3v) is 5.25. The van der Waals surface area contributed by atoms with Crippen LogP contribution in [0.5, 0.6) is 5.75 Å². The smallest absolute Gasteiger partial charge is 0.320 e. The van der Waals surface area contributed by atoms with Gasteiger partial charge in [0.25, 0.3) is 0 Å². The summed E-state index contributed by atoms with van der Waals surface area (Å²) in [5.74, 6) is 1.55. The molecule has 1 aliphatic heterocycles. The van der Waals surface area contributed by atoms with E-state index in [2.05, 4.69) is 30.9 Å². The number of nitrogens with one attached hydrogen (secondary N) is 3. The fourth-order valence-electron chi connectivity index (χ4n) is 3.56. The highest BCUT2D eigenvalue weighted by atomic mass is 16.5. The van der Waals surface area contributed by atoms with Crippen molar-refractivity contribution in [3.8, 4) is 5.75 Å². The molecule has 0 bridgehead atoms. The van der Waals surface area contributed by atoms with Crippen LogP contribution >= 0.6 is 0 Å². The number of ether oxygens (including phenoxy) is 1. The number of benzene rings is 1. The molecular weight excluding hydrogens is 420 g/mol. The summed E-state index contributed by atoms with van der Waals surface area (Å²) < 4.78 is 5.70. The van der Waals surface area contributed by atoms with Crippen molar-refractivity contribution < 1.29 is 14.3 Å². The number of pyridine rings is 1. The van der Waals surface area contributed by atoms with Gasteiger partial charge >= 0.3 is 6.03 Å². The molecule has 1 fully saturated rings. The summed E-state index contributed by atoms with van der Waals surface area (Å²) in [6.07, 6.45) is 5.05. The molecule has 2 aromatic rings. The fourth-order valence-corrected chi connectivity index (χ4v) is 3.56. The Hall–Kier alpha value is -3.75. The van der Waals surface area contributed by atoms with Crippen LogP contribution in [0.15, 0.2) is 40.4 Å². The number of amides is 2. The number of methoxy groups -OCH3 is 1. The minimum Gasteiger partial charge on any atom is -0.494 e. The number of anilines is 3. The Morgan fingerprint density at radius 1 is 1.18 bits per heavy atom. The molecule has 1 aliphatic carbocycles. The molecule has 1 saturated carbocycles. The number of nitrogens with zero attached hydrogens (tertiary/aromatic N) is 3. The zero-order valence-electron chi connectivity index (χ0n) is 19.2. The van der Waals surface area contributed by atoms with E-state index < -0.39 is 0 Å². The molecule has 4 rings (SSSR count). The monoisotopic (exact) mass is 448 g/mol. The van der Waals surface area contributed by atoms with Gasteiger partial charge in [-0.15, -0.1) is 0 Å². The summed E-state index contributed by atoms with van der Waals surface area (Å²) in [4.78, 5) is 38.3. The Morgan fingerprint density at radius 3 is 2.61 bits per heavy atom. The quantitative estimate of drug-likeness (QED) is 0.524. The Labute approximate surface area is 192 Å². The molecule has 1 unspecified atom stereocenters. The zero-order chi connectivity index (χ0) is 23.5. The highest BCUT2D eigenvalue weighted by molar-refractivity contribution is 6.10. The Bertz CT molecular complexity index is 1140. The van der Waals surface area contributed by atoms with Gasteiger partial charge in [-0.05, 0) is 45.7 Å². The van der Waals surface area contributed by atoms with Crippen LogP contribution in [0.25, 0.3) is 0 Å². The largest absolute Gasteiger partial charge is 0.494 e. The molecule has 33 heavy (non-hydrogen) atoms. The van der Waals surface area contributed by atoms with Crippen LogP contribution in [-0.4, -0.2) is 48.0 Å². The van der Waals surface area contributed by atoms with Crippen molar-refractivity contribution >= 4 is 41.1 Å². The SMILES string of the molecule is COc1c(Nc2cc(NC(=O)NC(C)C)ncc2C(=O)C2CC2)cccc1C1=NC(C)C=N1. The second kappa shape index (κ2) is 9.40. The van der Waals surface area contributed by atoms with E-state index in [0.717, 1.165) is 18.4 Å². The molecule has 9 nitrogen and oxygen atoms in total. The van der Waals surface area contributed by atoms with Crippen molar-refractivity contribution in [3.63, 3.8) is 0 Å². The number of aromatic nitrogens is 1. The molecule has 0 spiro atoms. The van der Waals surface area contributed by atoms with Crippen LogP contribution in [0.2, 0.25) is 0 Å². The number of amidine groups is 1. The lowest BCUT2D eigenvalue weighted by Gasteiger charge is -2.17. The van der Waals surface area contributed by atoms with Gasteiger partial charge in [0.1, 0.15) is 5.82 Å². The van der Waals surface area contributed by atoms with Crippen molar-refractivity contribution in [2.75, 3.05) is 17.7 Å². The van der Waals surface area contributed by atoms with Crippen LogP contribution in [-0.2, 0) is 0 Å². The van der Waals surface area contributed by atoms with E-state index >= 15 is 0 Å². The molecule has 2 aliphatic rings. The van der Waals surface area contributed by atoms with E-state index in [1.54, 1.807) is 19.4 Å². The van der Waals surface area contributed by atoms with E-state index in [-0.39, 0.29) is 29.8 Å². The molecule has 3 N–H and O–H groups in total. The zero-order valence-corrected chi connectivity index (χ0v) is 19.2. The lowest BCUT2D eigenvalue weighted by Crippen LogP contribution is -2.34. The van der Waals surface area contributed by atoms with Crippen molar-refractivity contribution in [3.05, 3.63) is 41.6 Å². The van der Waals surface area contributed by atoms with Gasteiger partial charge < -0.3 is 15.4 Å². The van der Waals surface area contributed by atoms with Gasteiger partial charge in [0, 0.05) is 30.4 Å². The van der Waals surface area contributed by atoms with E-state index in [0.29, 0.717) is 34.3 Å². The summed E-state index contributed by atoms with van der Waals surface area (Å²) in [5, 5.41) is 8.80. The average molecular weight is 449 g/mol. The van der Waals surface area contributed by atoms with E-state index in [9.17, 15) is 9.59 Å². The first-order valence-corrected chi connectivity index (χ1v) is 11.0. The molecule has 0 saturated heterocycles. The van der Waals surface area contributed by atoms with Crippen LogP contribution in [0, 0.1) is 5.92 Å². The first-order chi connectivity index (χ1) is 15.9. The Balaban J connectivity index is 1.69. The fraction of sp³-hybridized carbons (Fsp3) is 0.375. The number of hydrogen-bond donors (Lipinski definition) is 3. The second-order valence-electron chi connectivity index (χ2n) is 8.49. The molecule has 1 aromatic carbocycles. The molecular formula is C24H28N6O3. The minimum absolute atomic E-state index is 0.00917. The molecule has 172 valence electrons. The summed E-state index contributed by atoms with van der Waals surface area (Å²) in [6.45, 7) is 5.70. The Kier molecular flexibility index (Phi) is 6.39. The lowest BCUT2D eigenvalue weighted by atomic mass is 10.1. The van der Waals surface area contributed by atoms with Crippen LogP contribution in [0.4, 0.5) is 22.0 Å². The van der Waals surface area contributed by atoms with Gasteiger partial charge in [0.2, 0.25) is 0 Å². The maximum Gasteiger partial charge on any atom is 0.320 e. The molecule has 2 heterocycles. The molecule has 2 amide bonds. The van der Waals surface area contributed by atoms with E-state index in [1.165, 1.54) is 6.20 Å². The third-order valence-electron chi connectivity index (χ3n) is 5.25. The number of urea groups is 1. The number of para-hydroxylation sites is 1. The van der Waals surface area contributed by atoms with Crippen molar-refractivity contribution in [2.24, 2.45) is 15.9 Å². The molecule has 1 atom stereocenters. The van der Waals surface area contributed by atoms with Crippen molar-refractivity contribution in [1.82, 2.24) is 10.3 Å². The second-order valence-corrected chi connectivity index (χ2v) is 8.49. The number of Topliss-reactive ketones (excluding diaryl/α,β-unsaturated/α-hetero) is 1.